The first-order chi connectivity index (χ1) is 13.7. The average Bonchev–Trinajstić information content (AvgIpc) is 3.20. The van der Waals surface area contributed by atoms with Crippen molar-refractivity contribution in [1.29, 1.82) is 0 Å². The second-order valence-electron chi connectivity index (χ2n) is 7.24. The standard InChI is InChI=1S/C22H28N4O2/c27-21(19-8-4-1-5-9-19)26-16-12-18(17-26)7-3-2-6-13-24-22(28)25-20-10-14-23-15-11-20/h1,4-5,8-11,14-15,18H,2-3,6-7,12-13,16-17H2,(H2,23,24,25,28)/t18-/m0/s1. The Morgan fingerprint density at radius 2 is 1.82 bits per heavy atom. The number of hydrogen-bond donors (Lipinski definition) is 2. The number of nitrogens with one attached hydrogen (secondary N) is 2. The van der Waals surface area contributed by atoms with Crippen molar-refractivity contribution in [1.82, 2.24) is 15.2 Å². The predicted molar refractivity (Wildman–Crippen MR) is 110 cm³/mol. The third-order valence-corrected chi connectivity index (χ3v) is 5.11. The maximum Gasteiger partial charge on any atom is 0.319 e. The molecular formula is C22H28N4O2. The summed E-state index contributed by atoms with van der Waals surface area (Å²) in [4.78, 5) is 30.2. The third kappa shape index (κ3) is 6.08. The Bertz CT molecular complexity index is 752. The topological polar surface area (TPSA) is 74.3 Å². The van der Waals surface area contributed by atoms with Gasteiger partial charge in [-0.1, -0.05) is 31.0 Å². The van der Waals surface area contributed by atoms with Gasteiger partial charge in [-0.15, -0.1) is 0 Å². The summed E-state index contributed by atoms with van der Waals surface area (Å²) in [6.45, 7) is 2.38. The van der Waals surface area contributed by atoms with Crippen LogP contribution in [0, 0.1) is 5.92 Å². The summed E-state index contributed by atoms with van der Waals surface area (Å²) in [7, 11) is 0. The van der Waals surface area contributed by atoms with Crippen LogP contribution in [0.1, 0.15) is 42.5 Å². The van der Waals surface area contributed by atoms with Gasteiger partial charge >= 0.3 is 6.03 Å². The van der Waals surface area contributed by atoms with Crippen molar-refractivity contribution >= 4 is 17.6 Å². The molecule has 2 heterocycles. The Morgan fingerprint density at radius 3 is 2.61 bits per heavy atom. The van der Waals surface area contributed by atoms with Crippen molar-refractivity contribution in [3.63, 3.8) is 0 Å². The zero-order chi connectivity index (χ0) is 19.6. The number of anilines is 1. The monoisotopic (exact) mass is 380 g/mol. The Labute approximate surface area is 166 Å². The lowest BCUT2D eigenvalue weighted by atomic mass is 10.0. The van der Waals surface area contributed by atoms with Crippen LogP contribution in [0.25, 0.3) is 0 Å². The molecule has 28 heavy (non-hydrogen) atoms. The van der Waals surface area contributed by atoms with Crippen LogP contribution in [-0.2, 0) is 0 Å². The third-order valence-electron chi connectivity index (χ3n) is 5.11. The number of carbonyl (C=O) groups excluding carboxylic acids is 2. The summed E-state index contributed by atoms with van der Waals surface area (Å²) in [6, 6.07) is 12.8. The quantitative estimate of drug-likeness (QED) is 0.682. The molecular weight excluding hydrogens is 352 g/mol. The molecule has 3 rings (SSSR count). The molecule has 6 heteroatoms. The summed E-state index contributed by atoms with van der Waals surface area (Å²) >= 11 is 0. The highest BCUT2D eigenvalue weighted by Gasteiger charge is 2.26. The van der Waals surface area contributed by atoms with Gasteiger partial charge in [-0.3, -0.25) is 9.78 Å². The van der Waals surface area contributed by atoms with Crippen molar-refractivity contribution in [3.05, 3.63) is 60.4 Å². The fourth-order valence-electron chi connectivity index (χ4n) is 3.56. The average molecular weight is 380 g/mol. The van der Waals surface area contributed by atoms with E-state index in [1.807, 2.05) is 35.2 Å². The molecule has 0 aliphatic carbocycles. The summed E-state index contributed by atoms with van der Waals surface area (Å²) in [5.41, 5.74) is 1.52. The Morgan fingerprint density at radius 1 is 1.04 bits per heavy atom. The van der Waals surface area contributed by atoms with Crippen molar-refractivity contribution in [2.24, 2.45) is 5.92 Å². The van der Waals surface area contributed by atoms with Gasteiger partial charge < -0.3 is 15.5 Å². The molecule has 3 amide bonds. The smallest absolute Gasteiger partial charge is 0.319 e. The fourth-order valence-corrected chi connectivity index (χ4v) is 3.56. The number of aromatic nitrogens is 1. The van der Waals surface area contributed by atoms with Gasteiger partial charge in [0.05, 0.1) is 0 Å². The van der Waals surface area contributed by atoms with Crippen molar-refractivity contribution < 1.29 is 9.59 Å². The van der Waals surface area contributed by atoms with Gasteiger partial charge in [0.2, 0.25) is 0 Å². The molecule has 1 aliphatic rings. The highest BCUT2D eigenvalue weighted by Crippen LogP contribution is 2.23. The second kappa shape index (κ2) is 10.4. The Kier molecular flexibility index (Phi) is 7.41. The van der Waals surface area contributed by atoms with Gasteiger partial charge in [0.15, 0.2) is 0 Å². The zero-order valence-corrected chi connectivity index (χ0v) is 16.1. The van der Waals surface area contributed by atoms with Crippen LogP contribution in [0.4, 0.5) is 10.5 Å². The molecule has 2 N–H and O–H groups in total. The minimum absolute atomic E-state index is 0.146. The van der Waals surface area contributed by atoms with Crippen molar-refractivity contribution in [2.45, 2.75) is 32.1 Å². The van der Waals surface area contributed by atoms with E-state index < -0.39 is 0 Å². The number of urea groups is 1. The maximum atomic E-state index is 12.5. The lowest BCUT2D eigenvalue weighted by Gasteiger charge is -2.16. The van der Waals surface area contributed by atoms with Crippen molar-refractivity contribution in [3.8, 4) is 0 Å². The molecule has 0 spiro atoms. The fraction of sp³-hybridized carbons (Fsp3) is 0.409. The van der Waals surface area contributed by atoms with Gasteiger partial charge in [0.25, 0.3) is 5.91 Å². The lowest BCUT2D eigenvalue weighted by molar-refractivity contribution is 0.0786. The van der Waals surface area contributed by atoms with E-state index in [1.165, 1.54) is 0 Å². The first-order valence-corrected chi connectivity index (χ1v) is 10.0. The maximum absolute atomic E-state index is 12.5. The molecule has 0 saturated carbocycles. The van der Waals surface area contributed by atoms with Crippen LogP contribution < -0.4 is 10.6 Å². The van der Waals surface area contributed by atoms with E-state index in [4.69, 9.17) is 0 Å². The summed E-state index contributed by atoms with van der Waals surface area (Å²) in [6.07, 6.45) is 8.70. The van der Waals surface area contributed by atoms with E-state index >= 15 is 0 Å². The van der Waals surface area contributed by atoms with Gasteiger partial charge in [-0.05, 0) is 49.4 Å². The molecule has 0 unspecified atom stereocenters. The second-order valence-corrected chi connectivity index (χ2v) is 7.24. The van der Waals surface area contributed by atoms with Crippen LogP contribution in [-0.4, -0.2) is 41.5 Å². The Balaban J connectivity index is 1.25. The number of pyridine rings is 1. The summed E-state index contributed by atoms with van der Waals surface area (Å²) in [5.74, 6) is 0.739. The first-order valence-electron chi connectivity index (χ1n) is 10.0. The number of hydrogen-bond acceptors (Lipinski definition) is 3. The zero-order valence-electron chi connectivity index (χ0n) is 16.1. The van der Waals surface area contributed by atoms with Crippen LogP contribution >= 0.6 is 0 Å². The molecule has 1 saturated heterocycles. The number of benzene rings is 1. The number of carbonyl (C=O) groups is 2. The van der Waals surface area contributed by atoms with Crippen LogP contribution in [0.15, 0.2) is 54.9 Å². The van der Waals surface area contributed by atoms with Gasteiger partial charge in [0, 0.05) is 43.3 Å². The SMILES string of the molecule is O=C(NCCCCC[C@H]1CCN(C(=O)c2ccccc2)C1)Nc1ccncc1. The molecule has 148 valence electrons. The summed E-state index contributed by atoms with van der Waals surface area (Å²) in [5, 5.41) is 5.66. The van der Waals surface area contributed by atoms with E-state index in [2.05, 4.69) is 15.6 Å². The number of amides is 3. The molecule has 1 aromatic heterocycles. The van der Waals surface area contributed by atoms with Crippen LogP contribution in [0.5, 0.6) is 0 Å². The van der Waals surface area contributed by atoms with Gasteiger partial charge in [-0.25, -0.2) is 4.79 Å². The molecule has 1 atom stereocenters. The number of nitrogens with zero attached hydrogens (tertiary/aromatic N) is 2. The minimum Gasteiger partial charge on any atom is -0.338 e. The highest BCUT2D eigenvalue weighted by molar-refractivity contribution is 5.94. The predicted octanol–water partition coefficient (Wildman–Crippen LogP) is 3.93. The molecule has 1 fully saturated rings. The normalized spacial score (nSPS) is 16.0. The van der Waals surface area contributed by atoms with Crippen molar-refractivity contribution in [2.75, 3.05) is 25.0 Å². The van der Waals surface area contributed by atoms with E-state index in [0.717, 1.165) is 56.4 Å². The molecule has 2 aromatic rings. The number of likely N-dealkylation sites (tertiary alicyclic amines) is 1. The highest BCUT2D eigenvalue weighted by atomic mass is 16.2. The lowest BCUT2D eigenvalue weighted by Crippen LogP contribution is -2.29. The summed E-state index contributed by atoms with van der Waals surface area (Å²) < 4.78 is 0. The number of rotatable bonds is 8. The Hall–Kier alpha value is -2.89. The first kappa shape index (κ1) is 19.9. The molecule has 1 aliphatic heterocycles. The molecule has 0 bridgehead atoms. The number of unbranched alkanes of at least 4 members (excludes halogenated alkanes) is 2. The molecule has 0 radical (unpaired) electrons. The van der Waals surface area contributed by atoms with Crippen LogP contribution in [0.3, 0.4) is 0 Å². The van der Waals surface area contributed by atoms with E-state index in [-0.39, 0.29) is 11.9 Å². The molecule has 6 nitrogen and oxygen atoms in total. The van der Waals surface area contributed by atoms with Gasteiger partial charge in [0.1, 0.15) is 0 Å². The van der Waals surface area contributed by atoms with E-state index in [9.17, 15) is 9.59 Å². The van der Waals surface area contributed by atoms with Gasteiger partial charge in [-0.2, -0.15) is 0 Å². The molecule has 1 aromatic carbocycles. The largest absolute Gasteiger partial charge is 0.338 e. The van der Waals surface area contributed by atoms with E-state index in [1.54, 1.807) is 24.5 Å². The minimum atomic E-state index is -0.183. The van der Waals surface area contributed by atoms with Crippen LogP contribution in [0.2, 0.25) is 0 Å². The van der Waals surface area contributed by atoms with E-state index in [0.29, 0.717) is 12.5 Å².